The topological polar surface area (TPSA) is 77.1 Å². The number of nitrogens with one attached hydrogen (secondary N) is 1. The van der Waals surface area contributed by atoms with Crippen LogP contribution in [0.5, 0.6) is 0 Å². The lowest BCUT2D eigenvalue weighted by Crippen LogP contribution is -2.32. The van der Waals surface area contributed by atoms with Gasteiger partial charge < -0.3 is 10.3 Å². The van der Waals surface area contributed by atoms with E-state index in [0.29, 0.717) is 17.4 Å². The quantitative estimate of drug-likeness (QED) is 0.856. The maximum atomic E-state index is 12.2. The standard InChI is InChI=1S/C12H21N3O2S/c1-9-3-4-10(5-9)14-18(16,17)12-6-11(7-13)15(2)8-12/h6,8-10,14H,3-5,7,13H2,1-2H3. The molecule has 1 saturated carbocycles. The summed E-state index contributed by atoms with van der Waals surface area (Å²) in [5, 5.41) is 0. The maximum absolute atomic E-state index is 12.2. The molecule has 1 aromatic heterocycles. The number of nitrogens with zero attached hydrogens (tertiary/aromatic N) is 1. The van der Waals surface area contributed by atoms with Gasteiger partial charge >= 0.3 is 0 Å². The normalized spacial score (nSPS) is 24.6. The Hall–Kier alpha value is -0.850. The molecule has 102 valence electrons. The lowest BCUT2D eigenvalue weighted by molar-refractivity contribution is 0.538. The van der Waals surface area contributed by atoms with Crippen LogP contribution in [0.2, 0.25) is 0 Å². The first kappa shape index (κ1) is 13.6. The van der Waals surface area contributed by atoms with Gasteiger partial charge in [-0.3, -0.25) is 0 Å². The number of sulfonamides is 1. The van der Waals surface area contributed by atoms with Gasteiger partial charge in [0, 0.05) is 31.5 Å². The average molecular weight is 271 g/mol. The Morgan fingerprint density at radius 2 is 2.22 bits per heavy atom. The molecule has 2 atom stereocenters. The predicted molar refractivity (Wildman–Crippen MR) is 70.4 cm³/mol. The van der Waals surface area contributed by atoms with E-state index in [9.17, 15) is 8.42 Å². The second-order valence-corrected chi connectivity index (χ2v) is 6.93. The lowest BCUT2D eigenvalue weighted by Gasteiger charge is -2.11. The number of rotatable bonds is 4. The van der Waals surface area contributed by atoms with E-state index in [1.807, 2.05) is 0 Å². The highest BCUT2D eigenvalue weighted by Gasteiger charge is 2.27. The first-order chi connectivity index (χ1) is 8.42. The first-order valence-corrected chi connectivity index (χ1v) is 7.78. The van der Waals surface area contributed by atoms with E-state index in [-0.39, 0.29) is 6.04 Å². The Labute approximate surface area is 108 Å². The molecule has 1 aromatic rings. The van der Waals surface area contributed by atoms with Crippen LogP contribution < -0.4 is 10.5 Å². The van der Waals surface area contributed by atoms with E-state index < -0.39 is 10.0 Å². The molecule has 1 heterocycles. The van der Waals surface area contributed by atoms with E-state index in [0.717, 1.165) is 25.0 Å². The molecule has 18 heavy (non-hydrogen) atoms. The Balaban J connectivity index is 2.15. The summed E-state index contributed by atoms with van der Waals surface area (Å²) in [6.45, 7) is 2.50. The molecule has 2 rings (SSSR count). The van der Waals surface area contributed by atoms with Gasteiger partial charge in [0.2, 0.25) is 10.0 Å². The van der Waals surface area contributed by atoms with Crippen LogP contribution in [0.1, 0.15) is 31.9 Å². The predicted octanol–water partition coefficient (Wildman–Crippen LogP) is 0.951. The van der Waals surface area contributed by atoms with Crippen LogP contribution >= 0.6 is 0 Å². The van der Waals surface area contributed by atoms with Crippen molar-refractivity contribution in [2.24, 2.45) is 18.7 Å². The zero-order chi connectivity index (χ0) is 13.3. The minimum Gasteiger partial charge on any atom is -0.352 e. The van der Waals surface area contributed by atoms with Crippen molar-refractivity contribution >= 4 is 10.0 Å². The summed E-state index contributed by atoms with van der Waals surface area (Å²) in [5.41, 5.74) is 6.37. The smallest absolute Gasteiger partial charge is 0.242 e. The van der Waals surface area contributed by atoms with Crippen LogP contribution in [0.4, 0.5) is 0 Å². The molecule has 0 saturated heterocycles. The summed E-state index contributed by atoms with van der Waals surface area (Å²) >= 11 is 0. The Bertz CT molecular complexity index is 521. The molecule has 3 N–H and O–H groups in total. The van der Waals surface area contributed by atoms with Crippen molar-refractivity contribution < 1.29 is 8.42 Å². The van der Waals surface area contributed by atoms with Crippen molar-refractivity contribution in [1.82, 2.24) is 9.29 Å². The van der Waals surface area contributed by atoms with Crippen molar-refractivity contribution in [3.05, 3.63) is 18.0 Å². The molecule has 2 unspecified atom stereocenters. The van der Waals surface area contributed by atoms with Crippen molar-refractivity contribution in [3.8, 4) is 0 Å². The summed E-state index contributed by atoms with van der Waals surface area (Å²) in [5.74, 6) is 0.605. The Kier molecular flexibility index (Phi) is 3.79. The van der Waals surface area contributed by atoms with Crippen molar-refractivity contribution in [3.63, 3.8) is 0 Å². The summed E-state index contributed by atoms with van der Waals surface area (Å²) in [4.78, 5) is 0.310. The van der Waals surface area contributed by atoms with Gasteiger partial charge in [-0.1, -0.05) is 6.92 Å². The van der Waals surface area contributed by atoms with Gasteiger partial charge in [0.05, 0.1) is 4.90 Å². The molecule has 6 heteroatoms. The molecule has 0 spiro atoms. The van der Waals surface area contributed by atoms with Crippen LogP contribution in [0.3, 0.4) is 0 Å². The van der Waals surface area contributed by atoms with Gasteiger partial charge in [0.15, 0.2) is 0 Å². The van der Waals surface area contributed by atoms with Crippen molar-refractivity contribution in [1.29, 1.82) is 0 Å². The summed E-state index contributed by atoms with van der Waals surface area (Å²) in [6.07, 6.45) is 4.56. The minimum absolute atomic E-state index is 0.0755. The fraction of sp³-hybridized carbons (Fsp3) is 0.667. The van der Waals surface area contributed by atoms with Gasteiger partial charge in [-0.25, -0.2) is 13.1 Å². The molecule has 1 aliphatic carbocycles. The summed E-state index contributed by atoms with van der Waals surface area (Å²) < 4.78 is 29.0. The van der Waals surface area contributed by atoms with Gasteiger partial charge in [0.25, 0.3) is 0 Å². The van der Waals surface area contributed by atoms with Gasteiger partial charge in [0.1, 0.15) is 0 Å². The van der Waals surface area contributed by atoms with Gasteiger partial charge in [-0.15, -0.1) is 0 Å². The molecule has 1 aliphatic rings. The number of hydrogen-bond donors (Lipinski definition) is 2. The fourth-order valence-electron chi connectivity index (χ4n) is 2.53. The van der Waals surface area contributed by atoms with Crippen molar-refractivity contribution in [2.45, 2.75) is 43.7 Å². The van der Waals surface area contributed by atoms with Crippen LogP contribution in [-0.2, 0) is 23.6 Å². The fourth-order valence-corrected chi connectivity index (χ4v) is 3.91. The zero-order valence-electron chi connectivity index (χ0n) is 10.9. The molecule has 5 nitrogen and oxygen atoms in total. The highest BCUT2D eigenvalue weighted by Crippen LogP contribution is 2.26. The summed E-state index contributed by atoms with van der Waals surface area (Å²) in [6, 6.07) is 1.72. The molecule has 0 amide bonds. The van der Waals surface area contributed by atoms with Gasteiger partial charge in [-0.05, 0) is 31.2 Å². The van der Waals surface area contributed by atoms with Gasteiger partial charge in [-0.2, -0.15) is 0 Å². The Morgan fingerprint density at radius 1 is 1.50 bits per heavy atom. The summed E-state index contributed by atoms with van der Waals surface area (Å²) in [7, 11) is -1.60. The second kappa shape index (κ2) is 5.03. The second-order valence-electron chi connectivity index (χ2n) is 5.22. The maximum Gasteiger partial charge on any atom is 0.242 e. The zero-order valence-corrected chi connectivity index (χ0v) is 11.7. The van der Waals surface area contributed by atoms with E-state index in [2.05, 4.69) is 11.6 Å². The highest BCUT2D eigenvalue weighted by atomic mass is 32.2. The molecular weight excluding hydrogens is 250 g/mol. The monoisotopic (exact) mass is 271 g/mol. The average Bonchev–Trinajstić information content (AvgIpc) is 2.84. The van der Waals surface area contributed by atoms with E-state index in [1.54, 1.807) is 23.9 Å². The molecule has 0 bridgehead atoms. The number of hydrogen-bond acceptors (Lipinski definition) is 3. The largest absolute Gasteiger partial charge is 0.352 e. The number of aromatic nitrogens is 1. The highest BCUT2D eigenvalue weighted by molar-refractivity contribution is 7.89. The van der Waals surface area contributed by atoms with Crippen LogP contribution in [0, 0.1) is 5.92 Å². The van der Waals surface area contributed by atoms with E-state index in [4.69, 9.17) is 5.73 Å². The third kappa shape index (κ3) is 2.76. The first-order valence-electron chi connectivity index (χ1n) is 6.30. The number of aryl methyl sites for hydroxylation is 1. The molecule has 0 radical (unpaired) electrons. The minimum atomic E-state index is -3.41. The SMILES string of the molecule is CC1CCC(NS(=O)(=O)c2cc(CN)n(C)c2)C1. The van der Waals surface area contributed by atoms with Crippen LogP contribution in [-0.4, -0.2) is 19.0 Å². The molecule has 0 aliphatic heterocycles. The number of nitrogens with two attached hydrogens (primary N) is 1. The van der Waals surface area contributed by atoms with E-state index >= 15 is 0 Å². The molecule has 1 fully saturated rings. The third-order valence-corrected chi connectivity index (χ3v) is 5.11. The lowest BCUT2D eigenvalue weighted by atomic mass is 10.1. The molecule has 0 aromatic carbocycles. The Morgan fingerprint density at radius 3 is 2.72 bits per heavy atom. The van der Waals surface area contributed by atoms with Crippen LogP contribution in [0.15, 0.2) is 17.2 Å². The van der Waals surface area contributed by atoms with Crippen molar-refractivity contribution in [2.75, 3.05) is 0 Å². The van der Waals surface area contributed by atoms with E-state index in [1.165, 1.54) is 0 Å². The van der Waals surface area contributed by atoms with Crippen LogP contribution in [0.25, 0.3) is 0 Å². The third-order valence-electron chi connectivity index (χ3n) is 3.62. The molecular formula is C12H21N3O2S.